The van der Waals surface area contributed by atoms with Crippen LogP contribution in [0, 0.1) is 34.9 Å². The third-order valence-corrected chi connectivity index (χ3v) is 7.55. The van der Waals surface area contributed by atoms with Crippen LogP contribution >= 0.6 is 0 Å². The molecule has 0 radical (unpaired) electrons. The molecule has 3 heterocycles. The summed E-state index contributed by atoms with van der Waals surface area (Å²) in [6.07, 6.45) is 2.30. The molecule has 3 saturated heterocycles. The largest absolute Gasteiger partial charge is 0.334 e. The van der Waals surface area contributed by atoms with E-state index in [2.05, 4.69) is 29.7 Å². The molecule has 0 saturated carbocycles. The summed E-state index contributed by atoms with van der Waals surface area (Å²) in [5.41, 5.74) is 2.75. The summed E-state index contributed by atoms with van der Waals surface area (Å²) in [6, 6.07) is 17.2. The molecule has 0 aromatic heterocycles. The summed E-state index contributed by atoms with van der Waals surface area (Å²) in [5.74, 6) is 0.553. The number of likely N-dealkylation sites (tertiary alicyclic amines) is 1. The van der Waals surface area contributed by atoms with Gasteiger partial charge in [-0.25, -0.2) is 4.39 Å². The van der Waals surface area contributed by atoms with E-state index in [-0.39, 0.29) is 29.7 Å². The van der Waals surface area contributed by atoms with E-state index in [1.807, 2.05) is 24.3 Å². The molecule has 5 heteroatoms. The predicted molar refractivity (Wildman–Crippen MR) is 116 cm³/mol. The van der Waals surface area contributed by atoms with Crippen LogP contribution in [0.3, 0.4) is 0 Å². The van der Waals surface area contributed by atoms with Gasteiger partial charge in [0.1, 0.15) is 5.82 Å². The van der Waals surface area contributed by atoms with Gasteiger partial charge in [0.15, 0.2) is 0 Å². The predicted octanol–water partition coefficient (Wildman–Crippen LogP) is 4.52. The van der Waals surface area contributed by atoms with Gasteiger partial charge in [-0.05, 0) is 60.7 Å². The molecule has 5 rings (SSSR count). The maximum atomic E-state index is 13.9. The van der Waals surface area contributed by atoms with Gasteiger partial charge in [-0.3, -0.25) is 9.69 Å². The maximum Gasteiger partial charge on any atom is 0.228 e. The average Bonchev–Trinajstić information content (AvgIpc) is 3.42. The van der Waals surface area contributed by atoms with Crippen LogP contribution in [0.4, 0.5) is 4.39 Å². The molecule has 3 fully saturated rings. The van der Waals surface area contributed by atoms with E-state index in [0.717, 1.165) is 30.5 Å². The second-order valence-corrected chi connectivity index (χ2v) is 9.56. The number of nitrogens with zero attached hydrogens (tertiary/aromatic N) is 3. The number of rotatable bonds is 4. The van der Waals surface area contributed by atoms with Crippen LogP contribution in [0.15, 0.2) is 48.5 Å². The van der Waals surface area contributed by atoms with Crippen molar-refractivity contribution >= 4 is 5.91 Å². The number of hydrogen-bond donors (Lipinski definition) is 0. The SMILES string of the molecule is CC(C)[C@@H]1[C@H]2C3CCCN3[C@@H](c3ccc(C#N)cc3)[C@H]2C(=O)N1Cc1ccc(F)cc1. The third kappa shape index (κ3) is 3.25. The van der Waals surface area contributed by atoms with Crippen molar-refractivity contribution in [1.82, 2.24) is 9.80 Å². The summed E-state index contributed by atoms with van der Waals surface area (Å²) in [5, 5.41) is 9.18. The fraction of sp³-hybridized carbons (Fsp3) is 0.462. The van der Waals surface area contributed by atoms with Crippen LogP contribution < -0.4 is 0 Å². The molecule has 0 spiro atoms. The van der Waals surface area contributed by atoms with Crippen molar-refractivity contribution in [3.05, 3.63) is 71.0 Å². The van der Waals surface area contributed by atoms with Crippen molar-refractivity contribution in [2.75, 3.05) is 6.54 Å². The first-order chi connectivity index (χ1) is 15.0. The van der Waals surface area contributed by atoms with Gasteiger partial charge in [0.05, 0.1) is 17.6 Å². The Morgan fingerprint density at radius 2 is 1.84 bits per heavy atom. The Kier molecular flexibility index (Phi) is 5.06. The molecule has 3 aliphatic heterocycles. The van der Waals surface area contributed by atoms with Crippen LogP contribution in [0.5, 0.6) is 0 Å². The fourth-order valence-electron chi connectivity index (χ4n) is 6.44. The molecule has 2 aromatic rings. The maximum absolute atomic E-state index is 13.9. The van der Waals surface area contributed by atoms with Crippen LogP contribution in [0.1, 0.15) is 49.4 Å². The second kappa shape index (κ2) is 7.76. The minimum absolute atomic E-state index is 0.0638. The lowest BCUT2D eigenvalue weighted by Gasteiger charge is -2.35. The highest BCUT2D eigenvalue weighted by molar-refractivity contribution is 5.84. The zero-order chi connectivity index (χ0) is 21.7. The number of benzene rings is 2. The standard InChI is InChI=1S/C26H28FN3O/c1-16(2)24-22-21-4-3-13-29(21)25(19-9-5-17(14-28)6-10-19)23(22)26(31)30(24)15-18-7-11-20(27)12-8-18/h5-12,16,21-25H,3-4,13,15H2,1-2H3/t21?,22-,23-,24+,25-/m0/s1. The number of amides is 1. The lowest BCUT2D eigenvalue weighted by atomic mass is 9.79. The van der Waals surface area contributed by atoms with E-state index < -0.39 is 0 Å². The third-order valence-electron chi connectivity index (χ3n) is 7.55. The van der Waals surface area contributed by atoms with Gasteiger partial charge in [-0.2, -0.15) is 5.26 Å². The summed E-state index contributed by atoms with van der Waals surface area (Å²) in [7, 11) is 0. The number of carbonyl (C=O) groups is 1. The molecule has 1 amide bonds. The highest BCUT2D eigenvalue weighted by Crippen LogP contribution is 2.56. The Hall–Kier alpha value is -2.71. The van der Waals surface area contributed by atoms with Crippen LogP contribution in [-0.4, -0.2) is 34.3 Å². The number of nitriles is 1. The Morgan fingerprint density at radius 3 is 2.48 bits per heavy atom. The number of hydrogen-bond acceptors (Lipinski definition) is 3. The van der Waals surface area contributed by atoms with Crippen molar-refractivity contribution < 1.29 is 9.18 Å². The highest BCUT2D eigenvalue weighted by Gasteiger charge is 2.62. The van der Waals surface area contributed by atoms with E-state index >= 15 is 0 Å². The Morgan fingerprint density at radius 1 is 1.13 bits per heavy atom. The zero-order valence-corrected chi connectivity index (χ0v) is 18.0. The van der Waals surface area contributed by atoms with Gasteiger partial charge in [-0.1, -0.05) is 38.1 Å². The normalized spacial score (nSPS) is 30.0. The topological polar surface area (TPSA) is 47.3 Å². The monoisotopic (exact) mass is 417 g/mol. The first kappa shape index (κ1) is 20.2. The van der Waals surface area contributed by atoms with Gasteiger partial charge in [0.25, 0.3) is 0 Å². The van der Waals surface area contributed by atoms with E-state index in [1.54, 1.807) is 12.1 Å². The molecule has 160 valence electrons. The molecule has 5 atom stereocenters. The summed E-state index contributed by atoms with van der Waals surface area (Å²) in [4.78, 5) is 18.5. The lowest BCUT2D eigenvalue weighted by Crippen LogP contribution is -2.44. The summed E-state index contributed by atoms with van der Waals surface area (Å²) >= 11 is 0. The zero-order valence-electron chi connectivity index (χ0n) is 18.0. The molecule has 4 nitrogen and oxygen atoms in total. The van der Waals surface area contributed by atoms with Crippen LogP contribution in [0.2, 0.25) is 0 Å². The van der Waals surface area contributed by atoms with E-state index in [9.17, 15) is 14.4 Å². The minimum Gasteiger partial charge on any atom is -0.334 e. The number of carbonyl (C=O) groups excluding carboxylic acids is 1. The van der Waals surface area contributed by atoms with Crippen molar-refractivity contribution in [3.63, 3.8) is 0 Å². The molecule has 1 unspecified atom stereocenters. The van der Waals surface area contributed by atoms with E-state index in [0.29, 0.717) is 30.0 Å². The highest BCUT2D eigenvalue weighted by atomic mass is 19.1. The lowest BCUT2D eigenvalue weighted by molar-refractivity contribution is -0.134. The van der Waals surface area contributed by atoms with Gasteiger partial charge in [-0.15, -0.1) is 0 Å². The Balaban J connectivity index is 1.53. The van der Waals surface area contributed by atoms with Crippen LogP contribution in [-0.2, 0) is 11.3 Å². The molecule has 2 aromatic carbocycles. The molecule has 0 aliphatic carbocycles. The summed E-state index contributed by atoms with van der Waals surface area (Å²) < 4.78 is 13.4. The molecule has 0 N–H and O–H groups in total. The minimum atomic E-state index is -0.253. The molecular formula is C26H28FN3O. The van der Waals surface area contributed by atoms with Gasteiger partial charge in [0.2, 0.25) is 5.91 Å². The second-order valence-electron chi connectivity index (χ2n) is 9.56. The van der Waals surface area contributed by atoms with Gasteiger partial charge in [0, 0.05) is 30.6 Å². The number of halogens is 1. The van der Waals surface area contributed by atoms with Crippen molar-refractivity contribution in [2.24, 2.45) is 17.8 Å². The fourth-order valence-corrected chi connectivity index (χ4v) is 6.44. The van der Waals surface area contributed by atoms with Crippen LogP contribution in [0.25, 0.3) is 0 Å². The number of fused-ring (bicyclic) bond motifs is 3. The molecule has 3 aliphatic rings. The molecule has 31 heavy (non-hydrogen) atoms. The van der Waals surface area contributed by atoms with Gasteiger partial charge < -0.3 is 4.90 Å². The smallest absolute Gasteiger partial charge is 0.228 e. The van der Waals surface area contributed by atoms with E-state index in [4.69, 9.17) is 0 Å². The molecular weight excluding hydrogens is 389 g/mol. The van der Waals surface area contributed by atoms with Crippen molar-refractivity contribution in [1.29, 1.82) is 5.26 Å². The Labute approximate surface area is 183 Å². The summed E-state index contributed by atoms with van der Waals surface area (Å²) in [6.45, 7) is 5.98. The van der Waals surface area contributed by atoms with E-state index in [1.165, 1.54) is 12.1 Å². The van der Waals surface area contributed by atoms with Crippen molar-refractivity contribution in [2.45, 2.75) is 51.4 Å². The quantitative estimate of drug-likeness (QED) is 0.735. The molecule has 0 bridgehead atoms. The first-order valence-corrected chi connectivity index (χ1v) is 11.3. The first-order valence-electron chi connectivity index (χ1n) is 11.3. The van der Waals surface area contributed by atoms with Gasteiger partial charge >= 0.3 is 0 Å². The average molecular weight is 418 g/mol. The Bertz CT molecular complexity index is 1010. The van der Waals surface area contributed by atoms with Crippen molar-refractivity contribution in [3.8, 4) is 6.07 Å².